The predicted octanol–water partition coefficient (Wildman–Crippen LogP) is 3.90. The predicted molar refractivity (Wildman–Crippen MR) is 80.5 cm³/mol. The van der Waals surface area contributed by atoms with E-state index in [4.69, 9.17) is 9.47 Å². The van der Waals surface area contributed by atoms with Gasteiger partial charge in [-0.15, -0.1) is 0 Å². The fraction of sp³-hybridized carbons (Fsp3) is 0.167. The van der Waals surface area contributed by atoms with Crippen molar-refractivity contribution in [1.82, 2.24) is 0 Å². The molecule has 0 fully saturated rings. The molecule has 0 amide bonds. The Balaban J connectivity index is 1.82. The maximum Gasteiger partial charge on any atom is 0.339 e. The Morgan fingerprint density at radius 3 is 2.62 bits per heavy atom. The van der Waals surface area contributed by atoms with Crippen molar-refractivity contribution in [2.45, 2.75) is 13.0 Å². The SMILES string of the molecule is C=C(C)COc1ccc(C2OC(=O)c3ccccc32)cc1. The quantitative estimate of drug-likeness (QED) is 0.629. The molecule has 3 nitrogen and oxygen atoms in total. The third-order valence-corrected chi connectivity index (χ3v) is 3.36. The summed E-state index contributed by atoms with van der Waals surface area (Å²) >= 11 is 0. The zero-order chi connectivity index (χ0) is 14.8. The molecular weight excluding hydrogens is 264 g/mol. The van der Waals surface area contributed by atoms with Crippen molar-refractivity contribution in [3.05, 3.63) is 77.4 Å². The van der Waals surface area contributed by atoms with Gasteiger partial charge in [0.2, 0.25) is 0 Å². The number of hydrogen-bond donors (Lipinski definition) is 0. The lowest BCUT2D eigenvalue weighted by atomic mass is 9.99. The summed E-state index contributed by atoms with van der Waals surface area (Å²) in [6.45, 7) is 6.22. The number of carbonyl (C=O) groups is 1. The Morgan fingerprint density at radius 2 is 1.90 bits per heavy atom. The van der Waals surface area contributed by atoms with Crippen LogP contribution in [0.15, 0.2) is 60.7 Å². The molecule has 106 valence electrons. The Bertz CT molecular complexity index is 686. The fourth-order valence-electron chi connectivity index (χ4n) is 2.34. The zero-order valence-corrected chi connectivity index (χ0v) is 11.8. The first-order chi connectivity index (χ1) is 10.1. The molecule has 1 atom stereocenters. The fourth-order valence-corrected chi connectivity index (χ4v) is 2.34. The third-order valence-electron chi connectivity index (χ3n) is 3.36. The van der Waals surface area contributed by atoms with Crippen LogP contribution >= 0.6 is 0 Å². The van der Waals surface area contributed by atoms with E-state index in [9.17, 15) is 4.79 Å². The summed E-state index contributed by atoms with van der Waals surface area (Å²) in [7, 11) is 0. The van der Waals surface area contributed by atoms with Crippen LogP contribution in [0.4, 0.5) is 0 Å². The van der Waals surface area contributed by atoms with Gasteiger partial charge in [0.1, 0.15) is 12.4 Å². The van der Waals surface area contributed by atoms with Gasteiger partial charge < -0.3 is 9.47 Å². The minimum absolute atomic E-state index is 0.266. The molecule has 0 N–H and O–H groups in total. The molecule has 2 aromatic rings. The van der Waals surface area contributed by atoms with E-state index in [0.717, 1.165) is 22.4 Å². The van der Waals surface area contributed by atoms with Gasteiger partial charge in [0.15, 0.2) is 6.10 Å². The summed E-state index contributed by atoms with van der Waals surface area (Å²) in [4.78, 5) is 11.8. The molecule has 1 aliphatic rings. The second-order valence-electron chi connectivity index (χ2n) is 5.19. The van der Waals surface area contributed by atoms with Gasteiger partial charge in [-0.1, -0.05) is 36.9 Å². The van der Waals surface area contributed by atoms with Crippen LogP contribution in [0, 0.1) is 0 Å². The number of ether oxygens (including phenoxy) is 2. The Labute approximate surface area is 123 Å². The van der Waals surface area contributed by atoms with Crippen LogP contribution < -0.4 is 4.74 Å². The molecule has 0 spiro atoms. The first-order valence-corrected chi connectivity index (χ1v) is 6.82. The lowest BCUT2D eigenvalue weighted by molar-refractivity contribution is 0.0456. The van der Waals surface area contributed by atoms with Gasteiger partial charge in [-0.3, -0.25) is 0 Å². The average Bonchev–Trinajstić information content (AvgIpc) is 2.83. The van der Waals surface area contributed by atoms with E-state index >= 15 is 0 Å². The monoisotopic (exact) mass is 280 g/mol. The van der Waals surface area contributed by atoms with Crippen molar-refractivity contribution in [1.29, 1.82) is 0 Å². The van der Waals surface area contributed by atoms with E-state index in [1.54, 1.807) is 6.07 Å². The van der Waals surface area contributed by atoms with Crippen molar-refractivity contribution < 1.29 is 14.3 Å². The van der Waals surface area contributed by atoms with Gasteiger partial charge in [-0.25, -0.2) is 4.79 Å². The molecule has 0 aliphatic carbocycles. The van der Waals surface area contributed by atoms with E-state index in [2.05, 4.69) is 6.58 Å². The molecule has 0 saturated heterocycles. The van der Waals surface area contributed by atoms with Crippen LogP contribution in [0.25, 0.3) is 0 Å². The first kappa shape index (κ1) is 13.4. The Kier molecular flexibility index (Phi) is 3.48. The molecule has 1 unspecified atom stereocenters. The lowest BCUT2D eigenvalue weighted by Crippen LogP contribution is -2.01. The number of carbonyl (C=O) groups excluding carboxylic acids is 1. The van der Waals surface area contributed by atoms with Crippen molar-refractivity contribution in [2.75, 3.05) is 6.61 Å². The number of benzene rings is 2. The molecular formula is C18H16O3. The van der Waals surface area contributed by atoms with E-state index in [1.165, 1.54) is 0 Å². The van der Waals surface area contributed by atoms with E-state index < -0.39 is 0 Å². The Morgan fingerprint density at radius 1 is 1.19 bits per heavy atom. The number of hydrogen-bond acceptors (Lipinski definition) is 3. The summed E-state index contributed by atoms with van der Waals surface area (Å²) in [6, 6.07) is 15.1. The van der Waals surface area contributed by atoms with Crippen molar-refractivity contribution in [3.8, 4) is 5.75 Å². The highest BCUT2D eigenvalue weighted by molar-refractivity contribution is 5.94. The van der Waals surface area contributed by atoms with Gasteiger partial charge in [-0.2, -0.15) is 0 Å². The number of cyclic esters (lactones) is 1. The van der Waals surface area contributed by atoms with Crippen LogP contribution in [0.2, 0.25) is 0 Å². The second kappa shape index (κ2) is 5.44. The van der Waals surface area contributed by atoms with Crippen molar-refractivity contribution >= 4 is 5.97 Å². The summed E-state index contributed by atoms with van der Waals surface area (Å²) < 4.78 is 11.0. The number of esters is 1. The van der Waals surface area contributed by atoms with E-state index in [0.29, 0.717) is 12.2 Å². The van der Waals surface area contributed by atoms with Crippen molar-refractivity contribution in [3.63, 3.8) is 0 Å². The standard InChI is InChI=1S/C18H16O3/c1-12(2)11-20-14-9-7-13(8-10-14)17-15-5-3-4-6-16(15)18(19)21-17/h3-10,17H,1,11H2,2H3. The maximum absolute atomic E-state index is 11.8. The first-order valence-electron chi connectivity index (χ1n) is 6.82. The normalized spacial score (nSPS) is 16.2. The third kappa shape index (κ3) is 2.68. The lowest BCUT2D eigenvalue weighted by Gasteiger charge is -2.12. The minimum Gasteiger partial charge on any atom is -0.489 e. The molecule has 21 heavy (non-hydrogen) atoms. The van der Waals surface area contributed by atoms with Gasteiger partial charge in [0.25, 0.3) is 0 Å². The molecule has 0 saturated carbocycles. The Hall–Kier alpha value is -2.55. The highest BCUT2D eigenvalue weighted by Crippen LogP contribution is 2.36. The van der Waals surface area contributed by atoms with E-state index in [-0.39, 0.29) is 12.1 Å². The smallest absolute Gasteiger partial charge is 0.339 e. The molecule has 3 rings (SSSR count). The van der Waals surface area contributed by atoms with Crippen LogP contribution in [-0.4, -0.2) is 12.6 Å². The molecule has 0 bridgehead atoms. The van der Waals surface area contributed by atoms with Gasteiger partial charge in [0, 0.05) is 5.56 Å². The van der Waals surface area contributed by atoms with Crippen molar-refractivity contribution in [2.24, 2.45) is 0 Å². The van der Waals surface area contributed by atoms with Gasteiger partial charge >= 0.3 is 5.97 Å². The molecule has 1 aliphatic heterocycles. The van der Waals surface area contributed by atoms with Gasteiger partial charge in [-0.05, 0) is 36.3 Å². The largest absolute Gasteiger partial charge is 0.489 e. The summed E-state index contributed by atoms with van der Waals surface area (Å²) in [5.74, 6) is 0.512. The average molecular weight is 280 g/mol. The van der Waals surface area contributed by atoms with Gasteiger partial charge in [0.05, 0.1) is 5.56 Å². The molecule has 3 heteroatoms. The number of rotatable bonds is 4. The van der Waals surface area contributed by atoms with Crippen LogP contribution in [0.1, 0.15) is 34.5 Å². The highest BCUT2D eigenvalue weighted by Gasteiger charge is 2.31. The van der Waals surface area contributed by atoms with Crippen LogP contribution in [0.5, 0.6) is 5.75 Å². The molecule has 0 aromatic heterocycles. The summed E-state index contributed by atoms with van der Waals surface area (Å²) in [6.07, 6.45) is -0.330. The second-order valence-corrected chi connectivity index (χ2v) is 5.19. The summed E-state index contributed by atoms with van der Waals surface area (Å²) in [5, 5.41) is 0. The minimum atomic E-state index is -0.330. The van der Waals surface area contributed by atoms with Crippen LogP contribution in [-0.2, 0) is 4.74 Å². The topological polar surface area (TPSA) is 35.5 Å². The van der Waals surface area contributed by atoms with Crippen LogP contribution in [0.3, 0.4) is 0 Å². The molecule has 2 aromatic carbocycles. The zero-order valence-electron chi connectivity index (χ0n) is 11.8. The van der Waals surface area contributed by atoms with E-state index in [1.807, 2.05) is 49.4 Å². The molecule has 0 radical (unpaired) electrons. The summed E-state index contributed by atoms with van der Waals surface area (Å²) in [5.41, 5.74) is 3.47. The molecule has 1 heterocycles. The highest BCUT2D eigenvalue weighted by atomic mass is 16.5. The number of fused-ring (bicyclic) bond motifs is 1. The maximum atomic E-state index is 11.8.